The Morgan fingerprint density at radius 1 is 1.64 bits per heavy atom. The zero-order chi connectivity index (χ0) is 8.65. The van der Waals surface area contributed by atoms with E-state index in [0.717, 1.165) is 6.54 Å². The second kappa shape index (κ2) is 2.48. The van der Waals surface area contributed by atoms with E-state index in [2.05, 4.69) is 19.2 Å². The highest BCUT2D eigenvalue weighted by Crippen LogP contribution is 2.16. The molecule has 1 aliphatic heterocycles. The van der Waals surface area contributed by atoms with E-state index in [1.54, 1.807) is 0 Å². The minimum atomic E-state index is -0.0381. The lowest BCUT2D eigenvalue weighted by Gasteiger charge is -2.42. The zero-order valence-electron chi connectivity index (χ0n) is 7.64. The van der Waals surface area contributed by atoms with Gasteiger partial charge in [-0.3, -0.25) is 4.79 Å². The monoisotopic (exact) mass is 156 g/mol. The summed E-state index contributed by atoms with van der Waals surface area (Å²) in [5.74, 6) is 0.182. The van der Waals surface area contributed by atoms with Gasteiger partial charge in [-0.1, -0.05) is 0 Å². The summed E-state index contributed by atoms with van der Waals surface area (Å²) in [7, 11) is 1.86. The van der Waals surface area contributed by atoms with Crippen molar-refractivity contribution in [1.82, 2.24) is 10.2 Å². The second-order valence-corrected chi connectivity index (χ2v) is 3.81. The van der Waals surface area contributed by atoms with Crippen LogP contribution in [-0.4, -0.2) is 36.0 Å². The Morgan fingerprint density at radius 2 is 2.18 bits per heavy atom. The van der Waals surface area contributed by atoms with Crippen molar-refractivity contribution in [3.8, 4) is 0 Å². The lowest BCUT2D eigenvalue weighted by Crippen LogP contribution is -2.62. The highest BCUT2D eigenvalue weighted by atomic mass is 16.2. The molecule has 1 aliphatic rings. The molecule has 0 spiro atoms. The Bertz CT molecular complexity index is 177. The van der Waals surface area contributed by atoms with Crippen LogP contribution in [0.1, 0.15) is 20.8 Å². The number of likely N-dealkylation sites (N-methyl/N-ethyl adjacent to an activating group) is 1. The fourth-order valence-corrected chi connectivity index (χ4v) is 1.20. The predicted molar refractivity (Wildman–Crippen MR) is 44.3 cm³/mol. The molecule has 1 heterocycles. The SMILES string of the molecule is CC1NCC(C)(C)N(C)C1=O. The summed E-state index contributed by atoms with van der Waals surface area (Å²) in [5, 5.41) is 3.16. The van der Waals surface area contributed by atoms with Gasteiger partial charge in [0.2, 0.25) is 5.91 Å². The van der Waals surface area contributed by atoms with Gasteiger partial charge in [-0.25, -0.2) is 0 Å². The van der Waals surface area contributed by atoms with Crippen molar-refractivity contribution in [2.75, 3.05) is 13.6 Å². The number of piperazine rings is 1. The number of hydrogen-bond acceptors (Lipinski definition) is 2. The van der Waals surface area contributed by atoms with Crippen molar-refractivity contribution in [3.63, 3.8) is 0 Å². The summed E-state index contributed by atoms with van der Waals surface area (Å²) in [4.78, 5) is 13.2. The van der Waals surface area contributed by atoms with E-state index >= 15 is 0 Å². The van der Waals surface area contributed by atoms with Crippen LogP contribution in [0.4, 0.5) is 0 Å². The largest absolute Gasteiger partial charge is 0.338 e. The number of nitrogens with zero attached hydrogens (tertiary/aromatic N) is 1. The third kappa shape index (κ3) is 1.38. The summed E-state index contributed by atoms with van der Waals surface area (Å²) in [6.45, 7) is 6.89. The van der Waals surface area contributed by atoms with E-state index in [4.69, 9.17) is 0 Å². The predicted octanol–water partition coefficient (Wildman–Crippen LogP) is 0.215. The van der Waals surface area contributed by atoms with E-state index in [-0.39, 0.29) is 17.5 Å². The fourth-order valence-electron chi connectivity index (χ4n) is 1.20. The number of hydrogen-bond donors (Lipinski definition) is 1. The zero-order valence-corrected chi connectivity index (χ0v) is 7.64. The van der Waals surface area contributed by atoms with Crippen LogP contribution >= 0.6 is 0 Å². The number of carbonyl (C=O) groups excluding carboxylic acids is 1. The molecule has 1 amide bonds. The van der Waals surface area contributed by atoms with E-state index in [1.807, 2.05) is 18.9 Å². The molecule has 0 radical (unpaired) electrons. The van der Waals surface area contributed by atoms with Crippen LogP contribution < -0.4 is 5.32 Å². The first-order valence-electron chi connectivity index (χ1n) is 3.96. The van der Waals surface area contributed by atoms with Crippen LogP contribution in [0.15, 0.2) is 0 Å². The highest BCUT2D eigenvalue weighted by molar-refractivity contribution is 5.82. The molecular weight excluding hydrogens is 140 g/mol. The van der Waals surface area contributed by atoms with Gasteiger partial charge < -0.3 is 10.2 Å². The Labute approximate surface area is 67.8 Å². The molecule has 64 valence electrons. The second-order valence-electron chi connectivity index (χ2n) is 3.81. The average molecular weight is 156 g/mol. The Morgan fingerprint density at radius 3 is 2.64 bits per heavy atom. The number of amides is 1. The van der Waals surface area contributed by atoms with Crippen molar-refractivity contribution in [1.29, 1.82) is 0 Å². The molecule has 3 heteroatoms. The Kier molecular flexibility index (Phi) is 1.92. The summed E-state index contributed by atoms with van der Waals surface area (Å²) in [5.41, 5.74) is -0.0381. The van der Waals surface area contributed by atoms with Gasteiger partial charge in [0.05, 0.1) is 6.04 Å². The maximum Gasteiger partial charge on any atom is 0.239 e. The summed E-state index contributed by atoms with van der Waals surface area (Å²) >= 11 is 0. The highest BCUT2D eigenvalue weighted by Gasteiger charge is 2.35. The number of carbonyl (C=O) groups is 1. The molecule has 1 fully saturated rings. The van der Waals surface area contributed by atoms with Gasteiger partial charge in [-0.15, -0.1) is 0 Å². The van der Waals surface area contributed by atoms with Gasteiger partial charge >= 0.3 is 0 Å². The summed E-state index contributed by atoms with van der Waals surface area (Å²) in [6.07, 6.45) is 0. The van der Waals surface area contributed by atoms with E-state index in [9.17, 15) is 4.79 Å². The van der Waals surface area contributed by atoms with E-state index in [1.165, 1.54) is 0 Å². The minimum absolute atomic E-state index is 0.0203. The smallest absolute Gasteiger partial charge is 0.239 e. The van der Waals surface area contributed by atoms with Gasteiger partial charge in [0, 0.05) is 19.1 Å². The standard InChI is InChI=1S/C8H16N2O/c1-6-7(11)10(4)8(2,3)5-9-6/h6,9H,5H2,1-4H3. The molecular formula is C8H16N2O. The molecule has 0 saturated carbocycles. The molecule has 1 atom stereocenters. The first-order valence-corrected chi connectivity index (χ1v) is 3.96. The van der Waals surface area contributed by atoms with Gasteiger partial charge in [-0.2, -0.15) is 0 Å². The lowest BCUT2D eigenvalue weighted by atomic mass is 9.98. The lowest BCUT2D eigenvalue weighted by molar-refractivity contribution is -0.139. The van der Waals surface area contributed by atoms with E-state index < -0.39 is 0 Å². The molecule has 0 aromatic rings. The fraction of sp³-hybridized carbons (Fsp3) is 0.875. The summed E-state index contributed by atoms with van der Waals surface area (Å²) in [6, 6.07) is -0.0203. The third-order valence-electron chi connectivity index (χ3n) is 2.45. The third-order valence-corrected chi connectivity index (χ3v) is 2.45. The van der Waals surface area contributed by atoms with Crippen LogP contribution in [-0.2, 0) is 4.79 Å². The molecule has 0 aromatic carbocycles. The van der Waals surface area contributed by atoms with Crippen molar-refractivity contribution in [2.45, 2.75) is 32.4 Å². The maximum absolute atomic E-state index is 11.4. The van der Waals surface area contributed by atoms with Crippen LogP contribution in [0.2, 0.25) is 0 Å². The van der Waals surface area contributed by atoms with Gasteiger partial charge in [0.25, 0.3) is 0 Å². The van der Waals surface area contributed by atoms with Crippen LogP contribution in [0.3, 0.4) is 0 Å². The van der Waals surface area contributed by atoms with Gasteiger partial charge in [0.1, 0.15) is 0 Å². The first-order chi connectivity index (χ1) is 4.95. The normalized spacial score (nSPS) is 30.7. The average Bonchev–Trinajstić information content (AvgIpc) is 1.95. The summed E-state index contributed by atoms with van der Waals surface area (Å²) < 4.78 is 0. The minimum Gasteiger partial charge on any atom is -0.338 e. The molecule has 1 saturated heterocycles. The molecule has 0 bridgehead atoms. The van der Waals surface area contributed by atoms with Gasteiger partial charge in [-0.05, 0) is 20.8 Å². The first kappa shape index (κ1) is 8.53. The van der Waals surface area contributed by atoms with E-state index in [0.29, 0.717) is 0 Å². The van der Waals surface area contributed by atoms with Crippen molar-refractivity contribution >= 4 is 5.91 Å². The quantitative estimate of drug-likeness (QED) is 0.544. The molecule has 0 aromatic heterocycles. The molecule has 1 rings (SSSR count). The molecule has 1 N–H and O–H groups in total. The topological polar surface area (TPSA) is 32.3 Å². The van der Waals surface area contributed by atoms with Crippen molar-refractivity contribution in [3.05, 3.63) is 0 Å². The van der Waals surface area contributed by atoms with Gasteiger partial charge in [0.15, 0.2) is 0 Å². The molecule has 3 nitrogen and oxygen atoms in total. The Hall–Kier alpha value is -0.570. The van der Waals surface area contributed by atoms with Crippen LogP contribution in [0, 0.1) is 0 Å². The van der Waals surface area contributed by atoms with Crippen LogP contribution in [0.25, 0.3) is 0 Å². The number of rotatable bonds is 0. The number of nitrogens with one attached hydrogen (secondary N) is 1. The Balaban J connectivity index is 2.75. The maximum atomic E-state index is 11.4. The van der Waals surface area contributed by atoms with Crippen LogP contribution in [0.5, 0.6) is 0 Å². The van der Waals surface area contributed by atoms with Crippen molar-refractivity contribution < 1.29 is 4.79 Å². The molecule has 11 heavy (non-hydrogen) atoms. The van der Waals surface area contributed by atoms with Crippen molar-refractivity contribution in [2.24, 2.45) is 0 Å². The molecule has 1 unspecified atom stereocenters. The molecule has 0 aliphatic carbocycles.